The number of hydrogen-bond donors (Lipinski definition) is 1. The van der Waals surface area contributed by atoms with Gasteiger partial charge < -0.3 is 5.73 Å². The summed E-state index contributed by atoms with van der Waals surface area (Å²) >= 11 is 3.23. The third-order valence-electron chi connectivity index (χ3n) is 3.53. The fraction of sp³-hybridized carbons (Fsp3) is 0.235. The first-order chi connectivity index (χ1) is 9.97. The third kappa shape index (κ3) is 4.22. The van der Waals surface area contributed by atoms with Gasteiger partial charge in [-0.1, -0.05) is 53.2 Å². The van der Waals surface area contributed by atoms with Crippen LogP contribution in [0.3, 0.4) is 0 Å². The first-order valence-electron chi connectivity index (χ1n) is 6.75. The highest BCUT2D eigenvalue weighted by Crippen LogP contribution is 2.22. The van der Waals surface area contributed by atoms with Gasteiger partial charge in [0.05, 0.1) is 0 Å². The van der Waals surface area contributed by atoms with Crippen LogP contribution in [0.4, 0.5) is 4.39 Å². The molecule has 0 fully saturated rings. The van der Waals surface area contributed by atoms with Gasteiger partial charge in [0, 0.05) is 22.9 Å². The minimum absolute atomic E-state index is 0.00357. The maximum absolute atomic E-state index is 13.3. The van der Waals surface area contributed by atoms with E-state index in [1.54, 1.807) is 6.07 Å². The molecule has 0 saturated heterocycles. The molecule has 0 amide bonds. The largest absolute Gasteiger partial charge is 0.323 e. The Morgan fingerprint density at radius 3 is 2.52 bits per heavy atom. The zero-order valence-electron chi connectivity index (χ0n) is 11.7. The van der Waals surface area contributed by atoms with Gasteiger partial charge in [-0.05, 0) is 29.3 Å². The number of rotatable bonds is 5. The van der Waals surface area contributed by atoms with Crippen molar-refractivity contribution in [1.29, 1.82) is 0 Å². The van der Waals surface area contributed by atoms with E-state index < -0.39 is 0 Å². The van der Waals surface area contributed by atoms with Crippen molar-refractivity contribution in [2.75, 3.05) is 0 Å². The van der Waals surface area contributed by atoms with E-state index in [0.717, 1.165) is 5.56 Å². The molecule has 0 heterocycles. The molecule has 2 atom stereocenters. The van der Waals surface area contributed by atoms with Crippen molar-refractivity contribution in [1.82, 2.24) is 0 Å². The summed E-state index contributed by atoms with van der Waals surface area (Å²) in [6, 6.07) is 13.7. The van der Waals surface area contributed by atoms with Crippen LogP contribution >= 0.6 is 15.9 Å². The van der Waals surface area contributed by atoms with E-state index in [1.165, 1.54) is 12.1 Å². The Bertz CT molecular complexity index is 610. The molecule has 0 aliphatic heterocycles. The monoisotopic (exact) mass is 349 g/mol. The molecule has 2 unspecified atom stereocenters. The van der Waals surface area contributed by atoms with Gasteiger partial charge >= 0.3 is 0 Å². The van der Waals surface area contributed by atoms with Crippen molar-refractivity contribution in [2.24, 2.45) is 11.7 Å². The van der Waals surface area contributed by atoms with Crippen molar-refractivity contribution < 1.29 is 9.18 Å². The lowest BCUT2D eigenvalue weighted by molar-refractivity contribution is -0.122. The molecular weight excluding hydrogens is 333 g/mol. The molecule has 0 spiro atoms. The summed E-state index contributed by atoms with van der Waals surface area (Å²) in [6.07, 6.45) is 0.179. The second kappa shape index (κ2) is 6.96. The average molecular weight is 350 g/mol. The van der Waals surface area contributed by atoms with Crippen LogP contribution in [0, 0.1) is 11.7 Å². The van der Waals surface area contributed by atoms with Gasteiger partial charge in [-0.25, -0.2) is 4.39 Å². The zero-order chi connectivity index (χ0) is 15.4. The number of benzene rings is 2. The molecule has 0 saturated carbocycles. The number of carbonyl (C=O) groups is 1. The fourth-order valence-electron chi connectivity index (χ4n) is 2.24. The summed E-state index contributed by atoms with van der Waals surface area (Å²) in [5.74, 6) is -0.675. The number of Topliss-reactive ketones (excluding diaryl/α,β-unsaturated/α-hetero) is 1. The van der Waals surface area contributed by atoms with Gasteiger partial charge in [-0.2, -0.15) is 0 Å². The van der Waals surface area contributed by atoms with Gasteiger partial charge in [0.1, 0.15) is 11.6 Å². The molecule has 4 heteroatoms. The zero-order valence-corrected chi connectivity index (χ0v) is 13.3. The molecule has 2 rings (SSSR count). The second-order valence-electron chi connectivity index (χ2n) is 5.15. The Hall–Kier alpha value is -1.52. The van der Waals surface area contributed by atoms with Crippen molar-refractivity contribution in [3.8, 4) is 0 Å². The van der Waals surface area contributed by atoms with Crippen LogP contribution in [0.25, 0.3) is 0 Å². The quantitative estimate of drug-likeness (QED) is 0.885. The molecule has 2 N–H and O–H groups in total. The summed E-state index contributed by atoms with van der Waals surface area (Å²) in [7, 11) is 0. The minimum Gasteiger partial charge on any atom is -0.323 e. The average Bonchev–Trinajstić information content (AvgIpc) is 2.45. The first-order valence-corrected chi connectivity index (χ1v) is 7.55. The van der Waals surface area contributed by atoms with E-state index in [-0.39, 0.29) is 30.0 Å². The maximum Gasteiger partial charge on any atom is 0.141 e. The Balaban J connectivity index is 2.09. The van der Waals surface area contributed by atoms with E-state index in [9.17, 15) is 9.18 Å². The number of hydrogen-bond acceptors (Lipinski definition) is 2. The maximum atomic E-state index is 13.3. The second-order valence-corrected chi connectivity index (χ2v) is 6.06. The standard InChI is InChI=1S/C17H17BrFNO/c1-11(17(20)13-5-3-2-4-6-13)16(21)9-12-7-14(18)10-15(19)8-12/h2-8,10-11,17H,9,20H2,1H3. The molecule has 0 bridgehead atoms. The van der Waals surface area contributed by atoms with Gasteiger partial charge in [0.2, 0.25) is 0 Å². The van der Waals surface area contributed by atoms with E-state index in [1.807, 2.05) is 37.3 Å². The Labute approximate surface area is 132 Å². The summed E-state index contributed by atoms with van der Waals surface area (Å²) in [6.45, 7) is 1.81. The molecular formula is C17H17BrFNO. The van der Waals surface area contributed by atoms with Crippen molar-refractivity contribution in [3.63, 3.8) is 0 Å². The number of carbonyl (C=O) groups excluding carboxylic acids is 1. The topological polar surface area (TPSA) is 43.1 Å². The highest BCUT2D eigenvalue weighted by atomic mass is 79.9. The van der Waals surface area contributed by atoms with Crippen LogP contribution in [-0.4, -0.2) is 5.78 Å². The van der Waals surface area contributed by atoms with Crippen LogP contribution in [0.1, 0.15) is 24.1 Å². The predicted molar refractivity (Wildman–Crippen MR) is 85.3 cm³/mol. The normalized spacial score (nSPS) is 13.7. The van der Waals surface area contributed by atoms with Crippen molar-refractivity contribution >= 4 is 21.7 Å². The molecule has 2 aromatic rings. The first kappa shape index (κ1) is 15.9. The van der Waals surface area contributed by atoms with Crippen LogP contribution in [0.5, 0.6) is 0 Å². The molecule has 110 valence electrons. The summed E-state index contributed by atoms with van der Waals surface area (Å²) < 4.78 is 14.0. The van der Waals surface area contributed by atoms with Gasteiger partial charge in [0.15, 0.2) is 0 Å². The highest BCUT2D eigenvalue weighted by molar-refractivity contribution is 9.10. The lowest BCUT2D eigenvalue weighted by atomic mass is 9.89. The van der Waals surface area contributed by atoms with Crippen molar-refractivity contribution in [2.45, 2.75) is 19.4 Å². The van der Waals surface area contributed by atoms with Gasteiger partial charge in [-0.15, -0.1) is 0 Å². The van der Waals surface area contributed by atoms with Crippen LogP contribution < -0.4 is 5.73 Å². The molecule has 2 aromatic carbocycles. The lowest BCUT2D eigenvalue weighted by Gasteiger charge is -2.19. The smallest absolute Gasteiger partial charge is 0.141 e. The molecule has 0 aromatic heterocycles. The molecule has 0 aliphatic carbocycles. The number of ketones is 1. The Morgan fingerprint density at radius 1 is 1.24 bits per heavy atom. The number of nitrogens with two attached hydrogens (primary N) is 1. The highest BCUT2D eigenvalue weighted by Gasteiger charge is 2.22. The third-order valence-corrected chi connectivity index (χ3v) is 3.99. The van der Waals surface area contributed by atoms with Crippen LogP contribution in [0.2, 0.25) is 0 Å². The van der Waals surface area contributed by atoms with Crippen LogP contribution in [0.15, 0.2) is 53.0 Å². The SMILES string of the molecule is CC(C(=O)Cc1cc(F)cc(Br)c1)C(N)c1ccccc1. The number of halogens is 2. The summed E-state index contributed by atoms with van der Waals surface area (Å²) in [5, 5.41) is 0. The Morgan fingerprint density at radius 2 is 1.90 bits per heavy atom. The molecule has 0 radical (unpaired) electrons. The molecule has 0 aliphatic rings. The summed E-state index contributed by atoms with van der Waals surface area (Å²) in [5.41, 5.74) is 7.73. The van der Waals surface area contributed by atoms with Gasteiger partial charge in [-0.3, -0.25) is 4.79 Å². The van der Waals surface area contributed by atoms with Gasteiger partial charge in [0.25, 0.3) is 0 Å². The minimum atomic E-state index is -0.354. The van der Waals surface area contributed by atoms with Crippen molar-refractivity contribution in [3.05, 3.63) is 69.9 Å². The fourth-order valence-corrected chi connectivity index (χ4v) is 2.75. The van der Waals surface area contributed by atoms with Crippen LogP contribution in [-0.2, 0) is 11.2 Å². The molecule has 2 nitrogen and oxygen atoms in total. The predicted octanol–water partition coefficient (Wildman–Crippen LogP) is 4.04. The van der Waals surface area contributed by atoms with E-state index in [0.29, 0.717) is 10.0 Å². The van der Waals surface area contributed by atoms with E-state index in [4.69, 9.17) is 5.73 Å². The summed E-state index contributed by atoms with van der Waals surface area (Å²) in [4.78, 5) is 12.3. The van der Waals surface area contributed by atoms with E-state index in [2.05, 4.69) is 15.9 Å². The lowest BCUT2D eigenvalue weighted by Crippen LogP contribution is -2.27. The van der Waals surface area contributed by atoms with E-state index >= 15 is 0 Å². The molecule has 21 heavy (non-hydrogen) atoms. The Kier molecular flexibility index (Phi) is 5.26.